The molecule has 1 heterocycles. The second kappa shape index (κ2) is 5.65. The number of ether oxygens (including phenoxy) is 1. The van der Waals surface area contributed by atoms with E-state index >= 15 is 0 Å². The molecule has 0 aliphatic heterocycles. The molecule has 0 amide bonds. The first kappa shape index (κ1) is 14.3. The second-order valence-corrected chi connectivity index (χ2v) is 5.21. The Morgan fingerprint density at radius 2 is 2.00 bits per heavy atom. The van der Waals surface area contributed by atoms with Crippen LogP contribution in [0.15, 0.2) is 36.4 Å². The van der Waals surface area contributed by atoms with Crippen LogP contribution in [0.25, 0.3) is 17.1 Å². The zero-order chi connectivity index (χ0) is 15.7. The number of methoxy groups -OCH3 is 1. The summed E-state index contributed by atoms with van der Waals surface area (Å²) in [6.07, 6.45) is 0. The second-order valence-electron chi connectivity index (χ2n) is 4.80. The van der Waals surface area contributed by atoms with Gasteiger partial charge in [0.15, 0.2) is 5.82 Å². The Balaban J connectivity index is 2.08. The lowest BCUT2D eigenvalue weighted by molar-refractivity contribution is 0.415. The van der Waals surface area contributed by atoms with E-state index in [1.165, 1.54) is 0 Å². The minimum Gasteiger partial charge on any atom is -0.495 e. The maximum atomic E-state index is 6.16. The van der Waals surface area contributed by atoms with Crippen molar-refractivity contribution >= 4 is 17.3 Å². The Morgan fingerprint density at radius 1 is 1.18 bits per heavy atom. The fourth-order valence-corrected chi connectivity index (χ4v) is 2.36. The fourth-order valence-electron chi connectivity index (χ4n) is 2.11. The first-order valence-corrected chi connectivity index (χ1v) is 6.96. The number of anilines is 1. The summed E-state index contributed by atoms with van der Waals surface area (Å²) < 4.78 is 6.76. The van der Waals surface area contributed by atoms with Gasteiger partial charge in [-0.05, 0) is 47.2 Å². The molecule has 0 unspecified atom stereocenters. The van der Waals surface area contributed by atoms with E-state index in [1.807, 2.05) is 31.2 Å². The standard InChI is InChI=1S/C15H14ClN5O/c1-9-3-4-10(7-13(9)17)15-18-19-20-21(15)11-5-6-14(22-2)12(16)8-11/h3-8H,17H2,1-2H3. The van der Waals surface area contributed by atoms with Crippen molar-refractivity contribution in [2.24, 2.45) is 0 Å². The van der Waals surface area contributed by atoms with Crippen LogP contribution in [-0.4, -0.2) is 27.3 Å². The molecule has 0 fully saturated rings. The molecule has 2 aromatic carbocycles. The Labute approximate surface area is 132 Å². The van der Waals surface area contributed by atoms with Crippen LogP contribution in [0.1, 0.15) is 5.56 Å². The normalized spacial score (nSPS) is 10.7. The SMILES string of the molecule is COc1ccc(-n2nnnc2-c2ccc(C)c(N)c2)cc1Cl. The van der Waals surface area contributed by atoms with Gasteiger partial charge in [-0.15, -0.1) is 5.10 Å². The Bertz CT molecular complexity index is 831. The minimum atomic E-state index is 0.491. The number of hydrogen-bond acceptors (Lipinski definition) is 5. The number of tetrazole rings is 1. The molecular formula is C15H14ClN5O. The summed E-state index contributed by atoms with van der Waals surface area (Å²) in [5, 5.41) is 12.3. The summed E-state index contributed by atoms with van der Waals surface area (Å²) in [5.41, 5.74) is 9.24. The zero-order valence-corrected chi connectivity index (χ0v) is 12.9. The summed E-state index contributed by atoms with van der Waals surface area (Å²) in [4.78, 5) is 0. The maximum absolute atomic E-state index is 6.16. The van der Waals surface area contributed by atoms with Gasteiger partial charge in [-0.1, -0.05) is 23.7 Å². The molecule has 22 heavy (non-hydrogen) atoms. The summed E-state index contributed by atoms with van der Waals surface area (Å²) in [5.74, 6) is 1.19. The molecule has 0 bridgehead atoms. The number of benzene rings is 2. The highest BCUT2D eigenvalue weighted by Crippen LogP contribution is 2.28. The predicted molar refractivity (Wildman–Crippen MR) is 85.3 cm³/mol. The highest BCUT2D eigenvalue weighted by Gasteiger charge is 2.13. The largest absolute Gasteiger partial charge is 0.495 e. The van der Waals surface area contributed by atoms with Crippen LogP contribution < -0.4 is 10.5 Å². The van der Waals surface area contributed by atoms with Gasteiger partial charge in [0, 0.05) is 11.3 Å². The molecule has 0 aliphatic carbocycles. The van der Waals surface area contributed by atoms with Crippen LogP contribution in [-0.2, 0) is 0 Å². The number of hydrogen-bond donors (Lipinski definition) is 1. The van der Waals surface area contributed by atoms with Crippen LogP contribution in [0, 0.1) is 6.92 Å². The predicted octanol–water partition coefficient (Wildman–Crippen LogP) is 2.88. The zero-order valence-electron chi connectivity index (χ0n) is 12.1. The van der Waals surface area contributed by atoms with Crippen LogP contribution >= 0.6 is 11.6 Å². The molecule has 0 radical (unpaired) electrons. The Kier molecular flexibility index (Phi) is 3.68. The maximum Gasteiger partial charge on any atom is 0.187 e. The van der Waals surface area contributed by atoms with E-state index in [0.717, 1.165) is 16.8 Å². The van der Waals surface area contributed by atoms with Crippen LogP contribution in [0.5, 0.6) is 5.75 Å². The number of nitrogens with zero attached hydrogens (tertiary/aromatic N) is 4. The average molecular weight is 316 g/mol. The van der Waals surface area contributed by atoms with E-state index in [1.54, 1.807) is 23.9 Å². The molecule has 0 aliphatic rings. The molecule has 0 atom stereocenters. The molecule has 0 saturated heterocycles. The molecule has 0 saturated carbocycles. The molecule has 2 N–H and O–H groups in total. The summed E-state index contributed by atoms with van der Waals surface area (Å²) in [6.45, 7) is 1.95. The van der Waals surface area contributed by atoms with Crippen LogP contribution in [0.4, 0.5) is 5.69 Å². The first-order valence-electron chi connectivity index (χ1n) is 6.59. The van der Waals surface area contributed by atoms with Crippen molar-refractivity contribution in [1.82, 2.24) is 20.2 Å². The van der Waals surface area contributed by atoms with Gasteiger partial charge in [0.25, 0.3) is 0 Å². The first-order chi connectivity index (χ1) is 10.6. The number of aryl methyl sites for hydroxylation is 1. The topological polar surface area (TPSA) is 78.8 Å². The van der Waals surface area contributed by atoms with Crippen molar-refractivity contribution in [2.75, 3.05) is 12.8 Å². The summed E-state index contributed by atoms with van der Waals surface area (Å²) in [7, 11) is 1.57. The van der Waals surface area contributed by atoms with Gasteiger partial charge in [-0.2, -0.15) is 4.68 Å². The third-order valence-electron chi connectivity index (χ3n) is 3.39. The van der Waals surface area contributed by atoms with E-state index in [2.05, 4.69) is 15.5 Å². The third kappa shape index (κ3) is 2.48. The van der Waals surface area contributed by atoms with Gasteiger partial charge in [-0.25, -0.2) is 0 Å². The van der Waals surface area contributed by atoms with Crippen LogP contribution in [0.2, 0.25) is 5.02 Å². The van der Waals surface area contributed by atoms with Crippen molar-refractivity contribution in [3.63, 3.8) is 0 Å². The van der Waals surface area contributed by atoms with Crippen LogP contribution in [0.3, 0.4) is 0 Å². The Hall–Kier alpha value is -2.60. The van der Waals surface area contributed by atoms with Gasteiger partial charge in [0.1, 0.15) is 5.75 Å². The van der Waals surface area contributed by atoms with Crippen molar-refractivity contribution in [1.29, 1.82) is 0 Å². The monoisotopic (exact) mass is 315 g/mol. The van der Waals surface area contributed by atoms with Crippen molar-refractivity contribution in [3.05, 3.63) is 47.0 Å². The van der Waals surface area contributed by atoms with Gasteiger partial charge in [-0.3, -0.25) is 0 Å². The van der Waals surface area contributed by atoms with E-state index < -0.39 is 0 Å². The highest BCUT2D eigenvalue weighted by molar-refractivity contribution is 6.32. The molecule has 3 aromatic rings. The number of nitrogens with two attached hydrogens (primary N) is 1. The molecule has 0 spiro atoms. The molecule has 1 aromatic heterocycles. The third-order valence-corrected chi connectivity index (χ3v) is 3.68. The van der Waals surface area contributed by atoms with Crippen molar-refractivity contribution in [2.45, 2.75) is 6.92 Å². The fraction of sp³-hybridized carbons (Fsp3) is 0.133. The quantitative estimate of drug-likeness (QED) is 0.752. The van der Waals surface area contributed by atoms with Crippen molar-refractivity contribution in [3.8, 4) is 22.8 Å². The molecule has 112 valence electrons. The lowest BCUT2D eigenvalue weighted by Gasteiger charge is -2.08. The average Bonchev–Trinajstić information content (AvgIpc) is 2.99. The van der Waals surface area contributed by atoms with E-state index in [9.17, 15) is 0 Å². The number of rotatable bonds is 3. The van der Waals surface area contributed by atoms with Gasteiger partial charge < -0.3 is 10.5 Å². The minimum absolute atomic E-state index is 0.491. The smallest absolute Gasteiger partial charge is 0.187 e. The van der Waals surface area contributed by atoms with Gasteiger partial charge in [0.05, 0.1) is 17.8 Å². The molecule has 7 heteroatoms. The van der Waals surface area contributed by atoms with Gasteiger partial charge in [0.2, 0.25) is 0 Å². The number of aromatic nitrogens is 4. The number of nitrogen functional groups attached to an aromatic ring is 1. The summed E-state index contributed by atoms with van der Waals surface area (Å²) in [6, 6.07) is 11.1. The molecule has 6 nitrogen and oxygen atoms in total. The van der Waals surface area contributed by atoms with Crippen molar-refractivity contribution < 1.29 is 4.74 Å². The van der Waals surface area contributed by atoms with Gasteiger partial charge >= 0.3 is 0 Å². The van der Waals surface area contributed by atoms with E-state index in [4.69, 9.17) is 22.1 Å². The lowest BCUT2D eigenvalue weighted by atomic mass is 10.1. The van der Waals surface area contributed by atoms with E-state index in [-0.39, 0.29) is 0 Å². The molecular weight excluding hydrogens is 302 g/mol. The summed E-state index contributed by atoms with van der Waals surface area (Å²) >= 11 is 6.16. The lowest BCUT2D eigenvalue weighted by Crippen LogP contribution is -2.01. The Morgan fingerprint density at radius 3 is 2.68 bits per heavy atom. The van der Waals surface area contributed by atoms with E-state index in [0.29, 0.717) is 22.3 Å². The number of halogens is 1. The molecule has 3 rings (SSSR count). The highest BCUT2D eigenvalue weighted by atomic mass is 35.5.